The third-order valence-corrected chi connectivity index (χ3v) is 2.54. The van der Waals surface area contributed by atoms with E-state index in [2.05, 4.69) is 18.3 Å². The molecule has 86 valence electrons. The second-order valence-corrected chi connectivity index (χ2v) is 4.00. The zero-order valence-corrected chi connectivity index (χ0v) is 10.1. The third-order valence-electron chi connectivity index (χ3n) is 2.54. The van der Waals surface area contributed by atoms with Crippen LogP contribution in [0, 0.1) is 13.8 Å². The average molecular weight is 211 g/mol. The SMILES string of the molecule is COCCC(C)NCc1cc(C)oc1C. The predicted molar refractivity (Wildman–Crippen MR) is 61.0 cm³/mol. The summed E-state index contributed by atoms with van der Waals surface area (Å²) >= 11 is 0. The largest absolute Gasteiger partial charge is 0.466 e. The van der Waals surface area contributed by atoms with Crippen molar-refractivity contribution >= 4 is 0 Å². The number of nitrogens with one attached hydrogen (secondary N) is 1. The lowest BCUT2D eigenvalue weighted by Crippen LogP contribution is -2.26. The van der Waals surface area contributed by atoms with Crippen LogP contribution in [0.1, 0.15) is 30.4 Å². The molecular weight excluding hydrogens is 190 g/mol. The van der Waals surface area contributed by atoms with E-state index in [0.717, 1.165) is 31.1 Å². The highest BCUT2D eigenvalue weighted by Gasteiger charge is 2.06. The molecule has 1 rings (SSSR count). The van der Waals surface area contributed by atoms with E-state index in [0.29, 0.717) is 6.04 Å². The highest BCUT2D eigenvalue weighted by molar-refractivity contribution is 5.19. The van der Waals surface area contributed by atoms with Crippen LogP contribution in [0.15, 0.2) is 10.5 Å². The first-order chi connectivity index (χ1) is 7.13. The zero-order chi connectivity index (χ0) is 11.3. The summed E-state index contributed by atoms with van der Waals surface area (Å²) in [4.78, 5) is 0. The molecule has 15 heavy (non-hydrogen) atoms. The first-order valence-electron chi connectivity index (χ1n) is 5.41. The summed E-state index contributed by atoms with van der Waals surface area (Å²) in [5.74, 6) is 1.99. The van der Waals surface area contributed by atoms with Crippen molar-refractivity contribution in [2.75, 3.05) is 13.7 Å². The summed E-state index contributed by atoms with van der Waals surface area (Å²) in [7, 11) is 1.73. The molecule has 0 spiro atoms. The molecule has 1 atom stereocenters. The Morgan fingerprint density at radius 2 is 2.20 bits per heavy atom. The first kappa shape index (κ1) is 12.3. The molecule has 1 unspecified atom stereocenters. The summed E-state index contributed by atoms with van der Waals surface area (Å²) < 4.78 is 10.5. The Bertz CT molecular complexity index is 294. The smallest absolute Gasteiger partial charge is 0.105 e. The summed E-state index contributed by atoms with van der Waals surface area (Å²) in [6, 6.07) is 2.56. The van der Waals surface area contributed by atoms with E-state index in [1.165, 1.54) is 5.56 Å². The Labute approximate surface area is 91.8 Å². The average Bonchev–Trinajstić information content (AvgIpc) is 2.51. The van der Waals surface area contributed by atoms with Gasteiger partial charge in [0.25, 0.3) is 0 Å². The molecule has 1 aromatic heterocycles. The fourth-order valence-corrected chi connectivity index (χ4v) is 1.54. The maximum Gasteiger partial charge on any atom is 0.105 e. The van der Waals surface area contributed by atoms with Crippen LogP contribution in [-0.4, -0.2) is 19.8 Å². The lowest BCUT2D eigenvalue weighted by Gasteiger charge is -2.12. The first-order valence-corrected chi connectivity index (χ1v) is 5.41. The molecule has 0 bridgehead atoms. The lowest BCUT2D eigenvalue weighted by molar-refractivity contribution is 0.184. The third kappa shape index (κ3) is 4.06. The van der Waals surface area contributed by atoms with Gasteiger partial charge >= 0.3 is 0 Å². The van der Waals surface area contributed by atoms with Gasteiger partial charge in [0.05, 0.1) is 0 Å². The normalized spacial score (nSPS) is 13.1. The van der Waals surface area contributed by atoms with Gasteiger partial charge in [0.15, 0.2) is 0 Å². The number of methoxy groups -OCH3 is 1. The monoisotopic (exact) mass is 211 g/mol. The van der Waals surface area contributed by atoms with Gasteiger partial charge < -0.3 is 14.5 Å². The molecule has 0 radical (unpaired) electrons. The molecule has 1 heterocycles. The van der Waals surface area contributed by atoms with Crippen LogP contribution in [0.25, 0.3) is 0 Å². The molecule has 0 aliphatic carbocycles. The Hall–Kier alpha value is -0.800. The van der Waals surface area contributed by atoms with Crippen molar-refractivity contribution in [1.82, 2.24) is 5.32 Å². The van der Waals surface area contributed by atoms with Crippen LogP contribution in [0.5, 0.6) is 0 Å². The molecule has 0 fully saturated rings. The second kappa shape index (κ2) is 5.93. The van der Waals surface area contributed by atoms with E-state index in [-0.39, 0.29) is 0 Å². The quantitative estimate of drug-likeness (QED) is 0.784. The van der Waals surface area contributed by atoms with Crippen LogP contribution in [-0.2, 0) is 11.3 Å². The maximum absolute atomic E-state index is 5.46. The van der Waals surface area contributed by atoms with Crippen molar-refractivity contribution in [3.8, 4) is 0 Å². The molecule has 0 saturated heterocycles. The summed E-state index contributed by atoms with van der Waals surface area (Å²) in [5.41, 5.74) is 1.25. The van der Waals surface area contributed by atoms with Crippen LogP contribution in [0.2, 0.25) is 0 Å². The fourth-order valence-electron chi connectivity index (χ4n) is 1.54. The zero-order valence-electron chi connectivity index (χ0n) is 10.1. The van der Waals surface area contributed by atoms with Crippen LogP contribution in [0.4, 0.5) is 0 Å². The van der Waals surface area contributed by atoms with Gasteiger partial charge in [-0.15, -0.1) is 0 Å². The van der Waals surface area contributed by atoms with E-state index in [1.807, 2.05) is 13.8 Å². The molecule has 0 aromatic carbocycles. The minimum Gasteiger partial charge on any atom is -0.466 e. The minimum atomic E-state index is 0.472. The topological polar surface area (TPSA) is 34.4 Å². The molecular formula is C12H21NO2. The summed E-state index contributed by atoms with van der Waals surface area (Å²) in [5, 5.41) is 3.45. The lowest BCUT2D eigenvalue weighted by atomic mass is 10.2. The second-order valence-electron chi connectivity index (χ2n) is 4.00. The van der Waals surface area contributed by atoms with Crippen LogP contribution < -0.4 is 5.32 Å². The van der Waals surface area contributed by atoms with Gasteiger partial charge in [-0.25, -0.2) is 0 Å². The maximum atomic E-state index is 5.46. The van der Waals surface area contributed by atoms with Crippen molar-refractivity contribution < 1.29 is 9.15 Å². The van der Waals surface area contributed by atoms with E-state index in [1.54, 1.807) is 7.11 Å². The minimum absolute atomic E-state index is 0.472. The number of aryl methyl sites for hydroxylation is 2. The highest BCUT2D eigenvalue weighted by Crippen LogP contribution is 2.13. The number of furan rings is 1. The van der Waals surface area contributed by atoms with Crippen LogP contribution in [0.3, 0.4) is 0 Å². The van der Waals surface area contributed by atoms with E-state index < -0.39 is 0 Å². The number of rotatable bonds is 6. The molecule has 3 heteroatoms. The highest BCUT2D eigenvalue weighted by atomic mass is 16.5. The molecule has 0 aliphatic heterocycles. The fraction of sp³-hybridized carbons (Fsp3) is 0.667. The van der Waals surface area contributed by atoms with Gasteiger partial charge in [-0.2, -0.15) is 0 Å². The van der Waals surface area contributed by atoms with Gasteiger partial charge in [0, 0.05) is 31.9 Å². The van der Waals surface area contributed by atoms with E-state index in [4.69, 9.17) is 9.15 Å². The van der Waals surface area contributed by atoms with Gasteiger partial charge in [0.2, 0.25) is 0 Å². The Balaban J connectivity index is 2.33. The standard InChI is InChI=1S/C12H21NO2/c1-9(5-6-14-4)13-8-12-7-10(2)15-11(12)3/h7,9,13H,5-6,8H2,1-4H3. The summed E-state index contributed by atoms with van der Waals surface area (Å²) in [6.07, 6.45) is 1.03. The predicted octanol–water partition coefficient (Wildman–Crippen LogP) is 2.41. The number of ether oxygens (including phenoxy) is 1. The van der Waals surface area contributed by atoms with Gasteiger partial charge in [0.1, 0.15) is 11.5 Å². The van der Waals surface area contributed by atoms with E-state index >= 15 is 0 Å². The van der Waals surface area contributed by atoms with Crippen molar-refractivity contribution in [3.63, 3.8) is 0 Å². The number of hydrogen-bond donors (Lipinski definition) is 1. The van der Waals surface area contributed by atoms with Gasteiger partial charge in [-0.1, -0.05) is 0 Å². The molecule has 3 nitrogen and oxygen atoms in total. The van der Waals surface area contributed by atoms with Gasteiger partial charge in [-0.05, 0) is 33.3 Å². The van der Waals surface area contributed by atoms with Crippen LogP contribution >= 0.6 is 0 Å². The Morgan fingerprint density at radius 3 is 2.73 bits per heavy atom. The van der Waals surface area contributed by atoms with Crippen molar-refractivity contribution in [2.24, 2.45) is 0 Å². The molecule has 0 saturated carbocycles. The Morgan fingerprint density at radius 1 is 1.47 bits per heavy atom. The molecule has 1 N–H and O–H groups in total. The molecule has 1 aromatic rings. The van der Waals surface area contributed by atoms with Crippen molar-refractivity contribution in [3.05, 3.63) is 23.2 Å². The molecule has 0 aliphatic rings. The number of hydrogen-bond acceptors (Lipinski definition) is 3. The molecule has 0 amide bonds. The van der Waals surface area contributed by atoms with Gasteiger partial charge in [-0.3, -0.25) is 0 Å². The van der Waals surface area contributed by atoms with Crippen molar-refractivity contribution in [1.29, 1.82) is 0 Å². The van der Waals surface area contributed by atoms with Crippen molar-refractivity contribution in [2.45, 2.75) is 39.8 Å². The Kier molecular flexibility index (Phi) is 4.85. The summed E-state index contributed by atoms with van der Waals surface area (Å²) in [6.45, 7) is 7.82. The van der Waals surface area contributed by atoms with E-state index in [9.17, 15) is 0 Å².